The summed E-state index contributed by atoms with van der Waals surface area (Å²) in [6.45, 7) is 10.7. The molecule has 2 unspecified atom stereocenters. The molecule has 4 nitrogen and oxygen atoms in total. The van der Waals surface area contributed by atoms with E-state index in [9.17, 15) is 4.79 Å². The van der Waals surface area contributed by atoms with Crippen LogP contribution in [0.15, 0.2) is 24.3 Å². The van der Waals surface area contributed by atoms with Gasteiger partial charge in [0.15, 0.2) is 6.10 Å². The fraction of sp³-hybridized carbons (Fsp3) is 0.562. The van der Waals surface area contributed by atoms with Crippen LogP contribution in [0.4, 0.5) is 0 Å². The molecule has 20 heavy (non-hydrogen) atoms. The first-order valence-corrected chi connectivity index (χ1v) is 7.25. The average Bonchev–Trinajstić information content (AvgIpc) is 2.38. The normalized spacial score (nSPS) is 13.9. The third-order valence-electron chi connectivity index (χ3n) is 3.00. The Morgan fingerprint density at radius 3 is 2.45 bits per heavy atom. The lowest BCUT2D eigenvalue weighted by Gasteiger charge is -2.21. The number of ether oxygens (including phenoxy) is 1. The quantitative estimate of drug-likeness (QED) is 0.806. The number of carbonyl (C=O) groups excluding carboxylic acids is 1. The molecule has 2 N–H and O–H groups in total. The molecule has 0 spiro atoms. The molecule has 0 aromatic heterocycles. The maximum absolute atomic E-state index is 11.9. The second-order valence-electron chi connectivity index (χ2n) is 5.24. The fourth-order valence-electron chi connectivity index (χ4n) is 2.01. The minimum Gasteiger partial charge on any atom is -0.481 e. The number of nitrogens with one attached hydrogen (secondary N) is 2. The summed E-state index contributed by atoms with van der Waals surface area (Å²) in [5, 5.41) is 6.21. The Labute approximate surface area is 121 Å². The van der Waals surface area contributed by atoms with Gasteiger partial charge in [-0.05, 0) is 40.3 Å². The molecule has 112 valence electrons. The Morgan fingerprint density at radius 1 is 1.20 bits per heavy atom. The van der Waals surface area contributed by atoms with E-state index in [2.05, 4.69) is 24.5 Å². The number of hydrogen-bond donors (Lipinski definition) is 2. The van der Waals surface area contributed by atoms with Crippen LogP contribution in [-0.4, -0.2) is 24.6 Å². The van der Waals surface area contributed by atoms with Gasteiger partial charge in [-0.25, -0.2) is 0 Å². The van der Waals surface area contributed by atoms with Crippen molar-refractivity contribution in [3.63, 3.8) is 0 Å². The van der Waals surface area contributed by atoms with Crippen LogP contribution in [0.1, 0.15) is 46.2 Å². The summed E-state index contributed by atoms with van der Waals surface area (Å²) in [7, 11) is 0. The molecule has 2 atom stereocenters. The molecular formula is C16H26N2O2. The van der Waals surface area contributed by atoms with E-state index in [0.29, 0.717) is 0 Å². The van der Waals surface area contributed by atoms with Crippen molar-refractivity contribution < 1.29 is 9.53 Å². The summed E-state index contributed by atoms with van der Waals surface area (Å²) in [6.07, 6.45) is -0.507. The Hall–Kier alpha value is -1.55. The van der Waals surface area contributed by atoms with Crippen molar-refractivity contribution in [2.24, 2.45) is 0 Å². The molecule has 1 aromatic carbocycles. The Bertz CT molecular complexity index is 432. The molecule has 0 aliphatic rings. The van der Waals surface area contributed by atoms with E-state index >= 15 is 0 Å². The monoisotopic (exact) mass is 278 g/mol. The highest BCUT2D eigenvalue weighted by Gasteiger charge is 2.18. The third-order valence-corrected chi connectivity index (χ3v) is 3.00. The predicted octanol–water partition coefficient (Wildman–Crippen LogP) is 2.65. The van der Waals surface area contributed by atoms with Gasteiger partial charge >= 0.3 is 0 Å². The first-order valence-electron chi connectivity index (χ1n) is 7.25. The molecule has 0 aliphatic carbocycles. The van der Waals surface area contributed by atoms with Crippen LogP contribution >= 0.6 is 0 Å². The maximum atomic E-state index is 11.9. The van der Waals surface area contributed by atoms with Gasteiger partial charge < -0.3 is 15.4 Å². The van der Waals surface area contributed by atoms with Gasteiger partial charge in [0.2, 0.25) is 0 Å². The van der Waals surface area contributed by atoms with Crippen molar-refractivity contribution in [3.8, 4) is 5.75 Å². The van der Waals surface area contributed by atoms with Gasteiger partial charge in [0, 0.05) is 17.6 Å². The highest BCUT2D eigenvalue weighted by atomic mass is 16.5. The van der Waals surface area contributed by atoms with Gasteiger partial charge in [0.05, 0.1) is 0 Å². The summed E-state index contributed by atoms with van der Waals surface area (Å²) in [6, 6.07) is 8.14. The molecule has 1 aromatic rings. The van der Waals surface area contributed by atoms with Crippen LogP contribution in [0.5, 0.6) is 5.75 Å². The Morgan fingerprint density at radius 2 is 1.85 bits per heavy atom. The minimum atomic E-state index is -0.507. The molecule has 4 heteroatoms. The predicted molar refractivity (Wildman–Crippen MR) is 81.9 cm³/mol. The van der Waals surface area contributed by atoms with E-state index in [1.54, 1.807) is 6.92 Å². The largest absolute Gasteiger partial charge is 0.481 e. The summed E-state index contributed by atoms with van der Waals surface area (Å²) in [5.41, 5.74) is 1.07. The van der Waals surface area contributed by atoms with E-state index in [1.165, 1.54) is 0 Å². The van der Waals surface area contributed by atoms with Crippen molar-refractivity contribution in [3.05, 3.63) is 29.8 Å². The third kappa shape index (κ3) is 4.85. The average molecular weight is 278 g/mol. The van der Waals surface area contributed by atoms with Gasteiger partial charge in [-0.3, -0.25) is 4.79 Å². The number of rotatable bonds is 7. The van der Waals surface area contributed by atoms with E-state index in [4.69, 9.17) is 4.74 Å². The topological polar surface area (TPSA) is 50.4 Å². The van der Waals surface area contributed by atoms with Gasteiger partial charge in [0.1, 0.15) is 5.75 Å². The summed E-state index contributed by atoms with van der Waals surface area (Å²) in [5.74, 6) is 0.665. The van der Waals surface area contributed by atoms with E-state index in [1.807, 2.05) is 38.1 Å². The minimum absolute atomic E-state index is 0.0918. The van der Waals surface area contributed by atoms with Crippen molar-refractivity contribution >= 4 is 5.91 Å². The van der Waals surface area contributed by atoms with Crippen LogP contribution in [0.25, 0.3) is 0 Å². The second kappa shape index (κ2) is 7.90. The van der Waals surface area contributed by atoms with Crippen molar-refractivity contribution in [1.29, 1.82) is 0 Å². The standard InChI is InChI=1S/C16H26N2O2/c1-6-17-12(4)14-9-7-8-10-15(14)20-13(5)16(19)18-11(2)3/h7-13,17H,6H2,1-5H3,(H,18,19). The molecule has 0 bridgehead atoms. The first-order chi connectivity index (χ1) is 9.45. The Kier molecular flexibility index (Phi) is 6.52. The van der Waals surface area contributed by atoms with Crippen molar-refractivity contribution in [2.75, 3.05) is 6.54 Å². The van der Waals surface area contributed by atoms with E-state index in [-0.39, 0.29) is 18.0 Å². The zero-order valence-corrected chi connectivity index (χ0v) is 13.1. The van der Waals surface area contributed by atoms with Crippen LogP contribution in [0.3, 0.4) is 0 Å². The Balaban J connectivity index is 2.79. The number of hydrogen-bond acceptors (Lipinski definition) is 3. The lowest BCUT2D eigenvalue weighted by molar-refractivity contribution is -0.127. The lowest BCUT2D eigenvalue weighted by Crippen LogP contribution is -2.40. The molecular weight excluding hydrogens is 252 g/mol. The summed E-state index contributed by atoms with van der Waals surface area (Å²) >= 11 is 0. The SMILES string of the molecule is CCNC(C)c1ccccc1OC(C)C(=O)NC(C)C. The smallest absolute Gasteiger partial charge is 0.260 e. The number of amides is 1. The van der Waals surface area contributed by atoms with Crippen molar-refractivity contribution in [2.45, 2.75) is 52.8 Å². The zero-order valence-electron chi connectivity index (χ0n) is 13.1. The van der Waals surface area contributed by atoms with Gasteiger partial charge in [0.25, 0.3) is 5.91 Å². The van der Waals surface area contributed by atoms with Crippen LogP contribution in [-0.2, 0) is 4.79 Å². The lowest BCUT2D eigenvalue weighted by atomic mass is 10.1. The fourth-order valence-corrected chi connectivity index (χ4v) is 2.01. The summed E-state index contributed by atoms with van der Waals surface area (Å²) in [4.78, 5) is 11.9. The molecule has 0 aliphatic heterocycles. The van der Waals surface area contributed by atoms with E-state index < -0.39 is 6.10 Å². The highest BCUT2D eigenvalue weighted by molar-refractivity contribution is 5.80. The van der Waals surface area contributed by atoms with Crippen LogP contribution < -0.4 is 15.4 Å². The molecule has 1 amide bonds. The molecule has 1 rings (SSSR count). The van der Waals surface area contributed by atoms with Crippen LogP contribution in [0.2, 0.25) is 0 Å². The number of para-hydroxylation sites is 1. The highest BCUT2D eigenvalue weighted by Crippen LogP contribution is 2.25. The molecule has 0 saturated heterocycles. The number of benzene rings is 1. The molecule has 0 saturated carbocycles. The van der Waals surface area contributed by atoms with Gasteiger partial charge in [-0.2, -0.15) is 0 Å². The first kappa shape index (κ1) is 16.5. The zero-order chi connectivity index (χ0) is 15.1. The van der Waals surface area contributed by atoms with Gasteiger partial charge in [-0.15, -0.1) is 0 Å². The second-order valence-corrected chi connectivity index (χ2v) is 5.24. The van der Waals surface area contributed by atoms with E-state index in [0.717, 1.165) is 17.9 Å². The van der Waals surface area contributed by atoms with Gasteiger partial charge in [-0.1, -0.05) is 25.1 Å². The number of carbonyl (C=O) groups is 1. The maximum Gasteiger partial charge on any atom is 0.260 e. The van der Waals surface area contributed by atoms with Crippen LogP contribution in [0, 0.1) is 0 Å². The van der Waals surface area contributed by atoms with Crippen molar-refractivity contribution in [1.82, 2.24) is 10.6 Å². The molecule has 0 heterocycles. The molecule has 0 radical (unpaired) electrons. The molecule has 0 fully saturated rings. The summed E-state index contributed by atoms with van der Waals surface area (Å²) < 4.78 is 5.82.